The number of fused-ring (bicyclic) bond motifs is 1. The second kappa shape index (κ2) is 12.9. The minimum absolute atomic E-state index is 0.289. The maximum Gasteiger partial charge on any atom is 0.238 e. The van der Waals surface area contributed by atoms with E-state index in [1.807, 2.05) is 62.4 Å². The van der Waals surface area contributed by atoms with Gasteiger partial charge < -0.3 is 20.6 Å². The van der Waals surface area contributed by atoms with E-state index in [0.29, 0.717) is 42.5 Å². The first-order valence-electron chi connectivity index (χ1n) is 14.7. The molecule has 0 spiro atoms. The number of imide groups is 1. The predicted octanol–water partition coefficient (Wildman–Crippen LogP) is 6.34. The highest BCUT2D eigenvalue weighted by Crippen LogP contribution is 2.47. The zero-order valence-electron chi connectivity index (χ0n) is 24.3. The molecule has 1 fully saturated rings. The van der Waals surface area contributed by atoms with E-state index < -0.39 is 35.4 Å². The summed E-state index contributed by atoms with van der Waals surface area (Å²) < 4.78 is 13.8. The van der Waals surface area contributed by atoms with Crippen LogP contribution in [0.3, 0.4) is 0 Å². The summed E-state index contributed by atoms with van der Waals surface area (Å²) in [7, 11) is 0. The second-order valence-corrected chi connectivity index (χ2v) is 11.3. The summed E-state index contributed by atoms with van der Waals surface area (Å²) in [5.41, 5.74) is 5.26. The number of nitrogens with one attached hydrogen (secondary N) is 1. The van der Waals surface area contributed by atoms with Gasteiger partial charge in [0.15, 0.2) is 11.6 Å². The SMILES string of the molecule is CC/C(=C\c1ccc(O)c(F)c1)CC[C@@H](O)C1=C(C)C[C@H]2C(=O)N(c3ccc(Nc4ccccc4)cc3)C(=O)[C@H]2[C@H]1CO. The highest BCUT2D eigenvalue weighted by molar-refractivity contribution is 6.22. The van der Waals surface area contributed by atoms with Gasteiger partial charge in [0.1, 0.15) is 0 Å². The Labute approximate surface area is 251 Å². The molecule has 1 heterocycles. The van der Waals surface area contributed by atoms with Gasteiger partial charge in [0.05, 0.1) is 30.2 Å². The van der Waals surface area contributed by atoms with Gasteiger partial charge in [-0.15, -0.1) is 0 Å². The maximum absolute atomic E-state index is 13.8. The second-order valence-electron chi connectivity index (χ2n) is 11.3. The molecule has 7 nitrogen and oxygen atoms in total. The molecule has 0 bridgehead atoms. The van der Waals surface area contributed by atoms with Crippen molar-refractivity contribution in [3.05, 3.63) is 101 Å². The van der Waals surface area contributed by atoms with Crippen molar-refractivity contribution in [3.8, 4) is 5.75 Å². The van der Waals surface area contributed by atoms with Gasteiger partial charge in [0, 0.05) is 17.3 Å². The molecule has 3 aromatic carbocycles. The first-order chi connectivity index (χ1) is 20.7. The summed E-state index contributed by atoms with van der Waals surface area (Å²) in [4.78, 5) is 28.5. The number of phenols is 1. The van der Waals surface area contributed by atoms with Crippen molar-refractivity contribution < 1.29 is 29.3 Å². The number of aliphatic hydroxyl groups is 2. The Kier molecular flexibility index (Phi) is 9.08. The van der Waals surface area contributed by atoms with Crippen LogP contribution < -0.4 is 10.2 Å². The molecule has 224 valence electrons. The van der Waals surface area contributed by atoms with Gasteiger partial charge in [-0.25, -0.2) is 4.39 Å². The molecule has 0 aromatic heterocycles. The molecule has 0 radical (unpaired) electrons. The number of allylic oxidation sites excluding steroid dienone is 2. The molecular weight excluding hydrogens is 547 g/mol. The number of anilines is 3. The Morgan fingerprint density at radius 3 is 2.40 bits per heavy atom. The van der Waals surface area contributed by atoms with Crippen molar-refractivity contribution in [2.24, 2.45) is 17.8 Å². The van der Waals surface area contributed by atoms with Crippen LogP contribution in [0, 0.1) is 23.6 Å². The molecule has 1 saturated heterocycles. The standard InChI is InChI=1S/C35H37FN2O5/c1-3-22(18-23-10-15-30(40)29(36)19-23)9-16-31(41)32-21(2)17-27-33(28(32)20-39)35(43)38(34(27)42)26-13-11-25(12-14-26)37-24-7-5-4-6-8-24/h4-8,10-15,18-19,27-28,31,33,37,39-41H,3,9,16-17,20H2,1-2H3/b22-18+/t27-,28+,31-,33-/m1/s1. The van der Waals surface area contributed by atoms with Crippen molar-refractivity contribution in [2.45, 2.75) is 45.6 Å². The van der Waals surface area contributed by atoms with E-state index in [1.165, 1.54) is 17.0 Å². The van der Waals surface area contributed by atoms with Crippen LogP contribution in [-0.2, 0) is 9.59 Å². The number of aliphatic hydroxyl groups excluding tert-OH is 2. The molecule has 4 N–H and O–H groups in total. The molecule has 2 aliphatic rings. The fourth-order valence-corrected chi connectivity index (χ4v) is 6.43. The molecule has 1 aliphatic heterocycles. The third-order valence-electron chi connectivity index (χ3n) is 8.61. The summed E-state index contributed by atoms with van der Waals surface area (Å²) in [5, 5.41) is 34.6. The first kappa shape index (κ1) is 30.2. The van der Waals surface area contributed by atoms with E-state index in [4.69, 9.17) is 0 Å². The maximum atomic E-state index is 13.8. The van der Waals surface area contributed by atoms with Crippen molar-refractivity contribution in [3.63, 3.8) is 0 Å². The van der Waals surface area contributed by atoms with Crippen LogP contribution in [0.1, 0.15) is 45.1 Å². The number of phenolic OH excluding ortho intramolecular Hbond substituents is 1. The van der Waals surface area contributed by atoms with Crippen LogP contribution in [0.5, 0.6) is 5.75 Å². The Morgan fingerprint density at radius 2 is 1.74 bits per heavy atom. The van der Waals surface area contributed by atoms with Crippen molar-refractivity contribution >= 4 is 35.0 Å². The quantitative estimate of drug-likeness (QED) is 0.163. The number of amides is 2. The van der Waals surface area contributed by atoms with Crippen LogP contribution in [0.25, 0.3) is 6.08 Å². The lowest BCUT2D eigenvalue weighted by molar-refractivity contribution is -0.123. The average molecular weight is 585 g/mol. The van der Waals surface area contributed by atoms with E-state index >= 15 is 0 Å². The Balaban J connectivity index is 1.31. The highest BCUT2D eigenvalue weighted by atomic mass is 19.1. The third kappa shape index (κ3) is 6.26. The molecule has 4 atom stereocenters. The summed E-state index contributed by atoms with van der Waals surface area (Å²) >= 11 is 0. The number of carbonyl (C=O) groups is 2. The van der Waals surface area contributed by atoms with Crippen molar-refractivity contribution in [1.82, 2.24) is 0 Å². The van der Waals surface area contributed by atoms with Crippen LogP contribution in [0.2, 0.25) is 0 Å². The van der Waals surface area contributed by atoms with Crippen molar-refractivity contribution in [1.29, 1.82) is 0 Å². The van der Waals surface area contributed by atoms with Gasteiger partial charge >= 0.3 is 0 Å². The summed E-state index contributed by atoms with van der Waals surface area (Å²) in [6.45, 7) is 3.47. The van der Waals surface area contributed by atoms with Gasteiger partial charge in [0.25, 0.3) is 0 Å². The lowest BCUT2D eigenvalue weighted by Crippen LogP contribution is -2.38. The van der Waals surface area contributed by atoms with Crippen LogP contribution in [0.15, 0.2) is 89.5 Å². The Bertz CT molecular complexity index is 1550. The molecule has 2 amide bonds. The molecule has 3 aromatic rings. The average Bonchev–Trinajstić information content (AvgIpc) is 3.25. The van der Waals surface area contributed by atoms with E-state index in [2.05, 4.69) is 5.32 Å². The predicted molar refractivity (Wildman–Crippen MR) is 165 cm³/mol. The minimum atomic E-state index is -0.912. The van der Waals surface area contributed by atoms with Crippen LogP contribution in [0.4, 0.5) is 21.5 Å². The molecule has 0 saturated carbocycles. The largest absolute Gasteiger partial charge is 0.505 e. The third-order valence-corrected chi connectivity index (χ3v) is 8.61. The molecule has 43 heavy (non-hydrogen) atoms. The van der Waals surface area contributed by atoms with E-state index in [1.54, 1.807) is 18.2 Å². The first-order valence-corrected chi connectivity index (χ1v) is 14.7. The molecule has 1 aliphatic carbocycles. The lowest BCUT2D eigenvalue weighted by atomic mass is 9.68. The number of benzene rings is 3. The highest BCUT2D eigenvalue weighted by Gasteiger charge is 2.54. The van der Waals surface area contributed by atoms with E-state index in [9.17, 15) is 29.3 Å². The zero-order chi connectivity index (χ0) is 30.7. The van der Waals surface area contributed by atoms with Crippen LogP contribution >= 0.6 is 0 Å². The number of carbonyl (C=O) groups excluding carboxylic acids is 2. The zero-order valence-corrected chi connectivity index (χ0v) is 24.3. The topological polar surface area (TPSA) is 110 Å². The van der Waals surface area contributed by atoms with Gasteiger partial charge in [0.2, 0.25) is 11.8 Å². The number of hydrogen-bond donors (Lipinski definition) is 4. The Morgan fingerprint density at radius 1 is 1.05 bits per heavy atom. The fraction of sp³-hybridized carbons (Fsp3) is 0.314. The van der Waals surface area contributed by atoms with Crippen molar-refractivity contribution in [2.75, 3.05) is 16.8 Å². The number of halogens is 1. The van der Waals surface area contributed by atoms with Gasteiger partial charge in [-0.1, -0.05) is 48.4 Å². The molecular formula is C35H37FN2O5. The number of hydrogen-bond acceptors (Lipinski definition) is 6. The van der Waals surface area contributed by atoms with Gasteiger partial charge in [-0.05, 0) is 92.3 Å². The number of para-hydroxylation sites is 1. The number of rotatable bonds is 10. The normalized spacial score (nSPS) is 21.3. The minimum Gasteiger partial charge on any atom is -0.505 e. The molecule has 8 heteroatoms. The van der Waals surface area contributed by atoms with E-state index in [-0.39, 0.29) is 18.4 Å². The number of aromatic hydroxyl groups is 1. The van der Waals surface area contributed by atoms with E-state index in [0.717, 1.165) is 22.5 Å². The smallest absolute Gasteiger partial charge is 0.238 e. The van der Waals surface area contributed by atoms with Crippen LogP contribution in [-0.4, -0.2) is 39.8 Å². The summed E-state index contributed by atoms with van der Waals surface area (Å²) in [6.07, 6.45) is 2.82. The Hall–Kier alpha value is -4.27. The lowest BCUT2D eigenvalue weighted by Gasteiger charge is -2.35. The van der Waals surface area contributed by atoms with Gasteiger partial charge in [-0.2, -0.15) is 0 Å². The molecule has 5 rings (SSSR count). The number of nitrogens with zero attached hydrogens (tertiary/aromatic N) is 1. The summed E-state index contributed by atoms with van der Waals surface area (Å²) in [5.74, 6) is -3.78. The monoisotopic (exact) mass is 584 g/mol. The summed E-state index contributed by atoms with van der Waals surface area (Å²) in [6, 6.07) is 21.0. The van der Waals surface area contributed by atoms with Gasteiger partial charge in [-0.3, -0.25) is 14.5 Å². The molecule has 0 unspecified atom stereocenters. The fourth-order valence-electron chi connectivity index (χ4n) is 6.43.